The zero-order valence-corrected chi connectivity index (χ0v) is 9.33. The molecule has 0 saturated carbocycles. The predicted octanol–water partition coefficient (Wildman–Crippen LogP) is 2.83. The van der Waals surface area contributed by atoms with E-state index in [9.17, 15) is 4.79 Å². The summed E-state index contributed by atoms with van der Waals surface area (Å²) in [6, 6.07) is 0. The molecule has 0 aromatic carbocycles. The van der Waals surface area contributed by atoms with Crippen LogP contribution >= 0.6 is 23.5 Å². The topological polar surface area (TPSA) is 37.3 Å². The molecule has 4 heteroatoms. The van der Waals surface area contributed by atoms with Gasteiger partial charge in [-0.15, -0.1) is 23.5 Å². The molecule has 0 aromatic rings. The van der Waals surface area contributed by atoms with Gasteiger partial charge < -0.3 is 5.11 Å². The minimum absolute atomic E-state index is 0.335. The summed E-state index contributed by atoms with van der Waals surface area (Å²) in [7, 11) is 0. The summed E-state index contributed by atoms with van der Waals surface area (Å²) in [6.45, 7) is 0. The normalized spacial score (nSPS) is 18.8. The van der Waals surface area contributed by atoms with Crippen LogP contribution in [0.1, 0.15) is 32.1 Å². The molecule has 13 heavy (non-hydrogen) atoms. The maximum Gasteiger partial charge on any atom is 0.303 e. The van der Waals surface area contributed by atoms with Gasteiger partial charge in [-0.1, -0.05) is 6.42 Å². The molecule has 1 saturated heterocycles. The zero-order chi connectivity index (χ0) is 9.52. The largest absolute Gasteiger partial charge is 0.481 e. The zero-order valence-electron chi connectivity index (χ0n) is 7.70. The van der Waals surface area contributed by atoms with Crippen LogP contribution in [0.25, 0.3) is 0 Å². The molecule has 1 fully saturated rings. The molecule has 1 aliphatic rings. The first kappa shape index (κ1) is 11.2. The summed E-state index contributed by atoms with van der Waals surface area (Å²) in [5.41, 5.74) is 0. The van der Waals surface area contributed by atoms with Crippen LogP contribution in [0.15, 0.2) is 0 Å². The fraction of sp³-hybridized carbons (Fsp3) is 0.889. The van der Waals surface area contributed by atoms with Crippen molar-refractivity contribution in [3.05, 3.63) is 0 Å². The van der Waals surface area contributed by atoms with Crippen molar-refractivity contribution in [1.82, 2.24) is 0 Å². The first-order chi connectivity index (χ1) is 6.29. The molecule has 0 radical (unpaired) electrons. The summed E-state index contributed by atoms with van der Waals surface area (Å²) < 4.78 is 0.738. The van der Waals surface area contributed by atoms with E-state index in [0.29, 0.717) is 6.42 Å². The second-order valence-electron chi connectivity index (χ2n) is 3.16. The van der Waals surface area contributed by atoms with Crippen molar-refractivity contribution in [2.75, 3.05) is 11.5 Å². The Bertz CT molecular complexity index is 156. The fourth-order valence-electron chi connectivity index (χ4n) is 1.29. The van der Waals surface area contributed by atoms with E-state index >= 15 is 0 Å². The van der Waals surface area contributed by atoms with Gasteiger partial charge in [0, 0.05) is 6.42 Å². The number of hydrogen-bond acceptors (Lipinski definition) is 3. The molecule has 2 nitrogen and oxygen atoms in total. The van der Waals surface area contributed by atoms with Crippen LogP contribution in [0.2, 0.25) is 0 Å². The maximum absolute atomic E-state index is 10.2. The number of carbonyl (C=O) groups is 1. The number of rotatable bonds is 5. The average molecular weight is 220 g/mol. The van der Waals surface area contributed by atoms with Crippen LogP contribution in [0.4, 0.5) is 0 Å². The van der Waals surface area contributed by atoms with E-state index in [1.165, 1.54) is 24.3 Å². The Morgan fingerprint density at radius 3 is 2.62 bits per heavy atom. The number of unbranched alkanes of at least 4 members (excludes halogenated alkanes) is 1. The highest BCUT2D eigenvalue weighted by Gasteiger charge is 2.13. The van der Waals surface area contributed by atoms with Crippen LogP contribution in [0.3, 0.4) is 0 Å². The van der Waals surface area contributed by atoms with Gasteiger partial charge in [-0.2, -0.15) is 0 Å². The van der Waals surface area contributed by atoms with Gasteiger partial charge in [0.25, 0.3) is 0 Å². The van der Waals surface area contributed by atoms with E-state index < -0.39 is 5.97 Å². The van der Waals surface area contributed by atoms with Gasteiger partial charge >= 0.3 is 5.97 Å². The predicted molar refractivity (Wildman–Crippen MR) is 59.4 cm³/mol. The molecular formula is C9H16O2S2. The van der Waals surface area contributed by atoms with Gasteiger partial charge in [0.2, 0.25) is 0 Å². The Kier molecular flexibility index (Phi) is 5.71. The molecule has 0 amide bonds. The number of aliphatic carboxylic acids is 1. The summed E-state index contributed by atoms with van der Waals surface area (Å²) >= 11 is 4.08. The van der Waals surface area contributed by atoms with Crippen molar-refractivity contribution in [2.24, 2.45) is 0 Å². The van der Waals surface area contributed by atoms with E-state index in [1.807, 2.05) is 23.5 Å². The van der Waals surface area contributed by atoms with E-state index in [-0.39, 0.29) is 0 Å². The van der Waals surface area contributed by atoms with Crippen molar-refractivity contribution in [3.8, 4) is 0 Å². The van der Waals surface area contributed by atoms with Gasteiger partial charge in [-0.3, -0.25) is 4.79 Å². The summed E-state index contributed by atoms with van der Waals surface area (Å²) in [5.74, 6) is 1.91. The molecule has 1 rings (SSSR count). The Hall–Kier alpha value is 0.170. The molecule has 0 aliphatic carbocycles. The second kappa shape index (κ2) is 6.60. The third-order valence-electron chi connectivity index (χ3n) is 1.98. The van der Waals surface area contributed by atoms with E-state index in [4.69, 9.17) is 5.11 Å². The second-order valence-corrected chi connectivity index (χ2v) is 6.08. The number of hydrogen-bond donors (Lipinski definition) is 1. The highest BCUT2D eigenvalue weighted by molar-refractivity contribution is 8.17. The van der Waals surface area contributed by atoms with Gasteiger partial charge in [-0.25, -0.2) is 0 Å². The standard InChI is InChI=1S/C9H16O2S2/c10-8(11)4-1-2-5-9-12-6-3-7-13-9/h9H,1-7H2,(H,10,11). The molecular weight excluding hydrogens is 204 g/mol. The molecule has 0 unspecified atom stereocenters. The minimum Gasteiger partial charge on any atom is -0.481 e. The summed E-state index contributed by atoms with van der Waals surface area (Å²) in [4.78, 5) is 10.2. The van der Waals surface area contributed by atoms with Crippen molar-refractivity contribution in [3.63, 3.8) is 0 Å². The third-order valence-corrected chi connectivity index (χ3v) is 5.06. The highest BCUT2D eigenvalue weighted by atomic mass is 32.2. The van der Waals surface area contributed by atoms with E-state index in [1.54, 1.807) is 0 Å². The molecule has 0 atom stereocenters. The van der Waals surface area contributed by atoms with Crippen molar-refractivity contribution >= 4 is 29.5 Å². The Balaban J connectivity index is 1.95. The molecule has 76 valence electrons. The van der Waals surface area contributed by atoms with Crippen molar-refractivity contribution in [1.29, 1.82) is 0 Å². The van der Waals surface area contributed by atoms with Crippen LogP contribution < -0.4 is 0 Å². The molecule has 0 aromatic heterocycles. The summed E-state index contributed by atoms with van der Waals surface area (Å²) in [5, 5.41) is 8.44. The molecule has 0 bridgehead atoms. The monoisotopic (exact) mass is 220 g/mol. The lowest BCUT2D eigenvalue weighted by atomic mass is 10.2. The number of carboxylic acid groups (broad SMARTS) is 1. The Morgan fingerprint density at radius 2 is 2.00 bits per heavy atom. The maximum atomic E-state index is 10.2. The van der Waals surface area contributed by atoms with E-state index in [0.717, 1.165) is 17.4 Å². The minimum atomic E-state index is -0.663. The lowest BCUT2D eigenvalue weighted by molar-refractivity contribution is -0.137. The van der Waals surface area contributed by atoms with Gasteiger partial charge in [0.1, 0.15) is 0 Å². The smallest absolute Gasteiger partial charge is 0.303 e. The molecule has 1 N–H and O–H groups in total. The Labute approximate surface area is 87.9 Å². The number of thioether (sulfide) groups is 2. The van der Waals surface area contributed by atoms with Gasteiger partial charge in [0.15, 0.2) is 0 Å². The van der Waals surface area contributed by atoms with Crippen LogP contribution in [-0.2, 0) is 4.79 Å². The van der Waals surface area contributed by atoms with Gasteiger partial charge in [0.05, 0.1) is 4.58 Å². The molecule has 1 heterocycles. The third kappa shape index (κ3) is 5.47. The first-order valence-corrected chi connectivity index (χ1v) is 6.84. The molecule has 1 aliphatic heterocycles. The molecule has 0 spiro atoms. The van der Waals surface area contributed by atoms with Crippen LogP contribution in [0, 0.1) is 0 Å². The fourth-order valence-corrected chi connectivity index (χ4v) is 4.25. The van der Waals surface area contributed by atoms with Gasteiger partial charge in [-0.05, 0) is 30.8 Å². The lowest BCUT2D eigenvalue weighted by Gasteiger charge is -2.20. The highest BCUT2D eigenvalue weighted by Crippen LogP contribution is 2.33. The van der Waals surface area contributed by atoms with Crippen molar-refractivity contribution in [2.45, 2.75) is 36.7 Å². The first-order valence-electron chi connectivity index (χ1n) is 4.74. The van der Waals surface area contributed by atoms with Crippen LogP contribution in [0.5, 0.6) is 0 Å². The average Bonchev–Trinajstić information content (AvgIpc) is 2.14. The Morgan fingerprint density at radius 1 is 1.31 bits per heavy atom. The lowest BCUT2D eigenvalue weighted by Crippen LogP contribution is -2.06. The number of carboxylic acids is 1. The van der Waals surface area contributed by atoms with Crippen molar-refractivity contribution < 1.29 is 9.90 Å². The SMILES string of the molecule is O=C(O)CCCCC1SCCCS1. The quantitative estimate of drug-likeness (QED) is 0.723. The summed E-state index contributed by atoms with van der Waals surface area (Å²) in [6.07, 6.45) is 4.76. The van der Waals surface area contributed by atoms with Crippen LogP contribution in [-0.4, -0.2) is 27.2 Å². The van der Waals surface area contributed by atoms with E-state index in [2.05, 4.69) is 0 Å².